The molecular weight excluding hydrogens is 246 g/mol. The summed E-state index contributed by atoms with van der Waals surface area (Å²) in [6, 6.07) is 5.94. The topological polar surface area (TPSA) is 23.4 Å². The summed E-state index contributed by atoms with van der Waals surface area (Å²) >= 11 is 0. The molecule has 0 aliphatic heterocycles. The molecule has 1 aromatic carbocycles. The second kappa shape index (κ2) is 5.30. The number of rotatable bonds is 5. The zero-order chi connectivity index (χ0) is 14.1. The highest BCUT2D eigenvalue weighted by molar-refractivity contribution is 5.87. The number of aromatic amines is 1. The minimum Gasteiger partial charge on any atom is -0.361 e. The minimum atomic E-state index is 0.701. The first-order valence-corrected chi connectivity index (χ1v) is 7.32. The number of fused-ring (bicyclic) bond motifs is 1. The Morgan fingerprint density at radius 2 is 2.25 bits per heavy atom. The summed E-state index contributed by atoms with van der Waals surface area (Å²) in [5.74, 6) is 1.54. The lowest BCUT2D eigenvalue weighted by atomic mass is 10.1. The highest BCUT2D eigenvalue weighted by atomic mass is 15.0. The Balaban J connectivity index is 1.71. The number of nitrogens with zero attached hydrogens (tertiary/aromatic N) is 2. The van der Waals surface area contributed by atoms with E-state index in [9.17, 15) is 0 Å². The molecule has 1 aliphatic rings. The van der Waals surface area contributed by atoms with Gasteiger partial charge in [0.2, 0.25) is 0 Å². The van der Waals surface area contributed by atoms with Crippen LogP contribution in [0.5, 0.6) is 0 Å². The van der Waals surface area contributed by atoms with Gasteiger partial charge in [0.25, 0.3) is 0 Å². The molecular formula is C17H21N3. The fourth-order valence-electron chi connectivity index (χ4n) is 3.12. The van der Waals surface area contributed by atoms with Gasteiger partial charge < -0.3 is 9.88 Å². The molecule has 2 aromatic rings. The standard InChI is InChI=1S/C17H21N3/c1-18-13-6-7-17-15(10-13)16(11-19-17)14-9-12(14)5-4-8-20(2)3/h6-7,10-12,14,19H,4-5,8-9H2,2-3H3. The van der Waals surface area contributed by atoms with Gasteiger partial charge in [0.05, 0.1) is 6.57 Å². The van der Waals surface area contributed by atoms with Crippen molar-refractivity contribution in [3.05, 3.63) is 41.4 Å². The summed E-state index contributed by atoms with van der Waals surface area (Å²) in [6.07, 6.45) is 6.06. The Bertz CT molecular complexity index is 648. The molecule has 3 rings (SSSR count). The molecule has 1 N–H and O–H groups in total. The Kier molecular flexibility index (Phi) is 3.50. The molecule has 0 spiro atoms. The summed E-state index contributed by atoms with van der Waals surface area (Å²) < 4.78 is 0. The van der Waals surface area contributed by atoms with E-state index in [1.54, 1.807) is 0 Å². The summed E-state index contributed by atoms with van der Waals surface area (Å²) in [4.78, 5) is 9.14. The molecule has 1 heterocycles. The predicted octanol–water partition coefficient (Wildman–Crippen LogP) is 4.16. The van der Waals surface area contributed by atoms with E-state index in [4.69, 9.17) is 6.57 Å². The number of nitrogens with one attached hydrogen (secondary N) is 1. The average molecular weight is 267 g/mol. The lowest BCUT2D eigenvalue weighted by Crippen LogP contribution is -2.12. The van der Waals surface area contributed by atoms with E-state index in [-0.39, 0.29) is 0 Å². The van der Waals surface area contributed by atoms with Crippen LogP contribution in [-0.2, 0) is 0 Å². The molecule has 1 aromatic heterocycles. The van der Waals surface area contributed by atoms with E-state index in [1.165, 1.54) is 36.8 Å². The molecule has 0 amide bonds. The fraction of sp³-hybridized carbons (Fsp3) is 0.471. The normalized spacial score (nSPS) is 21.3. The maximum atomic E-state index is 7.15. The average Bonchev–Trinajstić information content (AvgIpc) is 3.07. The molecule has 3 heteroatoms. The lowest BCUT2D eigenvalue weighted by molar-refractivity contribution is 0.388. The maximum Gasteiger partial charge on any atom is 0.187 e. The van der Waals surface area contributed by atoms with Crippen molar-refractivity contribution in [3.63, 3.8) is 0 Å². The Morgan fingerprint density at radius 3 is 3.00 bits per heavy atom. The highest BCUT2D eigenvalue weighted by Crippen LogP contribution is 2.52. The van der Waals surface area contributed by atoms with Crippen LogP contribution in [0.25, 0.3) is 15.7 Å². The minimum absolute atomic E-state index is 0.701. The largest absolute Gasteiger partial charge is 0.361 e. The van der Waals surface area contributed by atoms with Crippen LogP contribution in [0.4, 0.5) is 5.69 Å². The first kappa shape index (κ1) is 13.2. The van der Waals surface area contributed by atoms with Gasteiger partial charge in [-0.25, -0.2) is 4.85 Å². The van der Waals surface area contributed by atoms with Crippen LogP contribution in [0.2, 0.25) is 0 Å². The van der Waals surface area contributed by atoms with Crippen LogP contribution in [0.3, 0.4) is 0 Å². The molecule has 0 radical (unpaired) electrons. The second-order valence-electron chi connectivity index (χ2n) is 6.13. The molecule has 2 atom stereocenters. The lowest BCUT2D eigenvalue weighted by Gasteiger charge is -2.08. The van der Waals surface area contributed by atoms with Gasteiger partial charge in [-0.1, -0.05) is 6.07 Å². The van der Waals surface area contributed by atoms with Crippen LogP contribution in [0.15, 0.2) is 24.4 Å². The van der Waals surface area contributed by atoms with Crippen LogP contribution >= 0.6 is 0 Å². The third-order valence-corrected chi connectivity index (χ3v) is 4.33. The predicted molar refractivity (Wildman–Crippen MR) is 83.2 cm³/mol. The quantitative estimate of drug-likeness (QED) is 0.808. The molecule has 3 nitrogen and oxygen atoms in total. The summed E-state index contributed by atoms with van der Waals surface area (Å²) in [5.41, 5.74) is 3.31. The molecule has 0 bridgehead atoms. The van der Waals surface area contributed by atoms with Gasteiger partial charge in [0, 0.05) is 11.7 Å². The smallest absolute Gasteiger partial charge is 0.187 e. The van der Waals surface area contributed by atoms with E-state index < -0.39 is 0 Å². The van der Waals surface area contributed by atoms with Gasteiger partial charge in [-0.2, -0.15) is 0 Å². The van der Waals surface area contributed by atoms with Crippen LogP contribution < -0.4 is 0 Å². The van der Waals surface area contributed by atoms with Crippen molar-refractivity contribution >= 4 is 16.6 Å². The number of benzene rings is 1. The third kappa shape index (κ3) is 2.57. The third-order valence-electron chi connectivity index (χ3n) is 4.33. The monoisotopic (exact) mass is 267 g/mol. The van der Waals surface area contributed by atoms with Crippen molar-refractivity contribution in [2.24, 2.45) is 5.92 Å². The summed E-state index contributed by atoms with van der Waals surface area (Å²) in [6.45, 7) is 8.33. The van der Waals surface area contributed by atoms with Crippen molar-refractivity contribution in [2.45, 2.75) is 25.2 Å². The molecule has 1 aliphatic carbocycles. The first-order valence-electron chi connectivity index (χ1n) is 7.32. The molecule has 0 saturated heterocycles. The van der Waals surface area contributed by atoms with E-state index >= 15 is 0 Å². The molecule has 20 heavy (non-hydrogen) atoms. The zero-order valence-corrected chi connectivity index (χ0v) is 12.2. The van der Waals surface area contributed by atoms with Gasteiger partial charge in [-0.3, -0.25) is 0 Å². The van der Waals surface area contributed by atoms with Crippen LogP contribution in [0, 0.1) is 12.5 Å². The molecule has 1 saturated carbocycles. The van der Waals surface area contributed by atoms with Crippen molar-refractivity contribution < 1.29 is 0 Å². The van der Waals surface area contributed by atoms with E-state index in [1.807, 2.05) is 18.2 Å². The van der Waals surface area contributed by atoms with Crippen molar-refractivity contribution in [3.8, 4) is 0 Å². The van der Waals surface area contributed by atoms with Crippen LogP contribution in [-0.4, -0.2) is 30.5 Å². The number of hydrogen-bond donors (Lipinski definition) is 1. The van der Waals surface area contributed by atoms with Crippen molar-refractivity contribution in [2.75, 3.05) is 20.6 Å². The van der Waals surface area contributed by atoms with Gasteiger partial charge in [0.1, 0.15) is 0 Å². The van der Waals surface area contributed by atoms with E-state index in [0.717, 1.165) is 17.1 Å². The van der Waals surface area contributed by atoms with Gasteiger partial charge in [-0.15, -0.1) is 0 Å². The van der Waals surface area contributed by atoms with Crippen molar-refractivity contribution in [1.29, 1.82) is 0 Å². The SMILES string of the molecule is [C-]#[N+]c1ccc2[nH]cc(C3CC3CCCN(C)C)c2c1. The Labute approximate surface area is 120 Å². The maximum absolute atomic E-state index is 7.15. The molecule has 2 unspecified atom stereocenters. The number of aromatic nitrogens is 1. The van der Waals surface area contributed by atoms with E-state index in [2.05, 4.69) is 35.0 Å². The Morgan fingerprint density at radius 1 is 1.40 bits per heavy atom. The fourth-order valence-corrected chi connectivity index (χ4v) is 3.12. The molecule has 1 fully saturated rings. The van der Waals surface area contributed by atoms with Gasteiger partial charge in [0.15, 0.2) is 5.69 Å². The zero-order valence-electron chi connectivity index (χ0n) is 12.2. The summed E-state index contributed by atoms with van der Waals surface area (Å²) in [7, 11) is 4.27. The first-order chi connectivity index (χ1) is 9.69. The second-order valence-corrected chi connectivity index (χ2v) is 6.13. The Hall–Kier alpha value is -1.79. The summed E-state index contributed by atoms with van der Waals surface area (Å²) in [5, 5.41) is 1.25. The van der Waals surface area contributed by atoms with Crippen molar-refractivity contribution in [1.82, 2.24) is 9.88 Å². The number of H-pyrrole nitrogens is 1. The number of hydrogen-bond acceptors (Lipinski definition) is 1. The van der Waals surface area contributed by atoms with E-state index in [0.29, 0.717) is 5.92 Å². The van der Waals surface area contributed by atoms with Crippen LogP contribution in [0.1, 0.15) is 30.7 Å². The van der Waals surface area contributed by atoms with Gasteiger partial charge >= 0.3 is 0 Å². The highest BCUT2D eigenvalue weighted by Gasteiger charge is 2.38. The van der Waals surface area contributed by atoms with Gasteiger partial charge in [-0.05, 0) is 74.8 Å². The molecule has 104 valence electrons.